The van der Waals surface area contributed by atoms with Crippen LogP contribution in [0.25, 0.3) is 17.0 Å². The van der Waals surface area contributed by atoms with E-state index in [2.05, 4.69) is 25.4 Å². The van der Waals surface area contributed by atoms with Crippen LogP contribution in [0.15, 0.2) is 48.8 Å². The number of H-pyrrole nitrogens is 1. The number of anilines is 1. The number of amides is 1. The Morgan fingerprint density at radius 3 is 2.96 bits per heavy atom. The molecule has 0 unspecified atom stereocenters. The summed E-state index contributed by atoms with van der Waals surface area (Å²) in [5.74, 6) is 1.53. The number of aromatic amines is 1. The Bertz CT molecular complexity index is 1100. The molecule has 0 aliphatic heterocycles. The molecule has 0 aliphatic rings. The molecule has 0 spiro atoms. The van der Waals surface area contributed by atoms with E-state index in [0.717, 1.165) is 11.3 Å². The van der Waals surface area contributed by atoms with Gasteiger partial charge in [-0.15, -0.1) is 0 Å². The smallest absolute Gasteiger partial charge is 0.277 e. The highest BCUT2D eigenvalue weighted by Gasteiger charge is 2.17. The summed E-state index contributed by atoms with van der Waals surface area (Å²) in [6.07, 6.45) is 3.24. The number of rotatable bonds is 4. The molecular weight excluding hydrogens is 332 g/mol. The van der Waals surface area contributed by atoms with Crippen LogP contribution >= 0.6 is 0 Å². The lowest BCUT2D eigenvalue weighted by atomic mass is 10.2. The Hall–Kier alpha value is -3.68. The number of carbonyl (C=O) groups is 1. The van der Waals surface area contributed by atoms with Crippen molar-refractivity contribution in [3.05, 3.63) is 60.2 Å². The van der Waals surface area contributed by atoms with E-state index in [9.17, 15) is 4.79 Å². The first-order chi connectivity index (χ1) is 12.7. The van der Waals surface area contributed by atoms with Gasteiger partial charge in [-0.25, -0.2) is 9.97 Å². The molecule has 0 fully saturated rings. The summed E-state index contributed by atoms with van der Waals surface area (Å²) in [4.78, 5) is 24.5. The van der Waals surface area contributed by atoms with E-state index < -0.39 is 0 Å². The van der Waals surface area contributed by atoms with E-state index in [4.69, 9.17) is 4.74 Å². The van der Waals surface area contributed by atoms with Gasteiger partial charge in [0.1, 0.15) is 23.1 Å². The van der Waals surface area contributed by atoms with E-state index in [-0.39, 0.29) is 5.91 Å². The van der Waals surface area contributed by atoms with Gasteiger partial charge in [0.2, 0.25) is 0 Å². The molecule has 0 radical (unpaired) electrons. The molecule has 0 atom stereocenters. The van der Waals surface area contributed by atoms with Crippen LogP contribution in [0.2, 0.25) is 0 Å². The molecule has 8 heteroatoms. The molecule has 1 amide bonds. The second-order valence-corrected chi connectivity index (χ2v) is 5.68. The Balaban J connectivity index is 1.64. The number of nitrogens with zero attached hydrogens (tertiary/aromatic N) is 4. The van der Waals surface area contributed by atoms with Crippen molar-refractivity contribution in [1.82, 2.24) is 24.6 Å². The first-order valence-electron chi connectivity index (χ1n) is 7.97. The van der Waals surface area contributed by atoms with Crippen molar-refractivity contribution in [3.8, 4) is 17.1 Å². The molecule has 4 aromatic rings. The van der Waals surface area contributed by atoms with Gasteiger partial charge in [-0.3, -0.25) is 4.79 Å². The van der Waals surface area contributed by atoms with Crippen molar-refractivity contribution in [1.29, 1.82) is 0 Å². The van der Waals surface area contributed by atoms with Crippen molar-refractivity contribution in [2.75, 3.05) is 12.4 Å². The van der Waals surface area contributed by atoms with Crippen LogP contribution < -0.4 is 10.1 Å². The summed E-state index contributed by atoms with van der Waals surface area (Å²) < 4.78 is 6.79. The third-order valence-corrected chi connectivity index (χ3v) is 3.97. The van der Waals surface area contributed by atoms with Crippen LogP contribution in [-0.2, 0) is 0 Å². The summed E-state index contributed by atoms with van der Waals surface area (Å²) in [6, 6.07) is 10.9. The van der Waals surface area contributed by atoms with Crippen molar-refractivity contribution >= 4 is 17.4 Å². The average molecular weight is 348 g/mol. The van der Waals surface area contributed by atoms with Crippen LogP contribution in [0.3, 0.4) is 0 Å². The number of fused-ring (bicyclic) bond motifs is 1. The van der Waals surface area contributed by atoms with Crippen LogP contribution in [0, 0.1) is 6.92 Å². The molecule has 3 aromatic heterocycles. The minimum Gasteiger partial charge on any atom is -0.497 e. The topological polar surface area (TPSA) is 97.2 Å². The van der Waals surface area contributed by atoms with Crippen LogP contribution in [0.5, 0.6) is 5.75 Å². The largest absolute Gasteiger partial charge is 0.497 e. The Morgan fingerprint density at radius 2 is 2.12 bits per heavy atom. The normalized spacial score (nSPS) is 10.8. The number of hydrogen-bond acceptors (Lipinski definition) is 5. The summed E-state index contributed by atoms with van der Waals surface area (Å²) in [6.45, 7) is 1.81. The standard InChI is InChI=1S/C18H16N6O2/c1-11-16(23-17(21-11)12-4-3-5-13(10-12)26-2)18(25)22-15-6-8-19-14-7-9-20-24(14)15/h3-10H,1-2H3,(H,21,23)(H,22,25). The summed E-state index contributed by atoms with van der Waals surface area (Å²) >= 11 is 0. The van der Waals surface area contributed by atoms with Gasteiger partial charge in [-0.1, -0.05) is 12.1 Å². The maximum absolute atomic E-state index is 12.7. The fourth-order valence-electron chi connectivity index (χ4n) is 2.69. The number of carbonyl (C=O) groups excluding carboxylic acids is 1. The van der Waals surface area contributed by atoms with Crippen molar-refractivity contribution in [2.45, 2.75) is 6.92 Å². The first kappa shape index (κ1) is 15.8. The predicted octanol–water partition coefficient (Wildman–Crippen LogP) is 2.69. The number of aromatic nitrogens is 5. The predicted molar refractivity (Wildman–Crippen MR) is 96.3 cm³/mol. The van der Waals surface area contributed by atoms with Gasteiger partial charge in [0.05, 0.1) is 13.3 Å². The SMILES string of the molecule is COc1cccc(-c2nc(C(=O)Nc3ccnc4ccnn34)c(C)[nH]2)c1. The van der Waals surface area contributed by atoms with Gasteiger partial charge < -0.3 is 15.0 Å². The second-order valence-electron chi connectivity index (χ2n) is 5.68. The number of hydrogen-bond donors (Lipinski definition) is 2. The number of methoxy groups -OCH3 is 1. The molecule has 3 heterocycles. The molecular formula is C18H16N6O2. The van der Waals surface area contributed by atoms with Gasteiger partial charge in [-0.2, -0.15) is 9.61 Å². The van der Waals surface area contributed by atoms with Crippen molar-refractivity contribution < 1.29 is 9.53 Å². The van der Waals surface area contributed by atoms with Gasteiger partial charge >= 0.3 is 0 Å². The average Bonchev–Trinajstić information content (AvgIpc) is 3.29. The van der Waals surface area contributed by atoms with Crippen molar-refractivity contribution in [2.24, 2.45) is 0 Å². The first-order valence-corrected chi connectivity index (χ1v) is 7.97. The molecule has 2 N–H and O–H groups in total. The lowest BCUT2D eigenvalue weighted by molar-refractivity contribution is 0.102. The summed E-state index contributed by atoms with van der Waals surface area (Å²) in [5.41, 5.74) is 2.48. The highest BCUT2D eigenvalue weighted by Crippen LogP contribution is 2.23. The van der Waals surface area contributed by atoms with Crippen molar-refractivity contribution in [3.63, 3.8) is 0 Å². The number of nitrogens with one attached hydrogen (secondary N) is 2. The molecule has 1 aromatic carbocycles. The molecule has 0 aliphatic carbocycles. The summed E-state index contributed by atoms with van der Waals surface area (Å²) in [5, 5.41) is 6.99. The molecule has 0 bridgehead atoms. The number of imidazole rings is 1. The lowest BCUT2D eigenvalue weighted by Gasteiger charge is -2.05. The fourth-order valence-corrected chi connectivity index (χ4v) is 2.69. The molecule has 26 heavy (non-hydrogen) atoms. The lowest BCUT2D eigenvalue weighted by Crippen LogP contribution is -2.16. The number of aryl methyl sites for hydroxylation is 1. The maximum atomic E-state index is 12.7. The summed E-state index contributed by atoms with van der Waals surface area (Å²) in [7, 11) is 1.61. The molecule has 8 nitrogen and oxygen atoms in total. The molecule has 0 saturated heterocycles. The Morgan fingerprint density at radius 1 is 1.23 bits per heavy atom. The quantitative estimate of drug-likeness (QED) is 0.591. The molecule has 0 saturated carbocycles. The van der Waals surface area contributed by atoms with Gasteiger partial charge in [0, 0.05) is 23.5 Å². The van der Waals surface area contributed by atoms with E-state index in [1.54, 1.807) is 36.2 Å². The molecule has 4 rings (SSSR count). The molecule has 130 valence electrons. The number of ether oxygens (including phenoxy) is 1. The van der Waals surface area contributed by atoms with E-state index in [1.165, 1.54) is 0 Å². The van der Waals surface area contributed by atoms with Gasteiger partial charge in [0.25, 0.3) is 5.91 Å². The highest BCUT2D eigenvalue weighted by molar-refractivity contribution is 6.03. The van der Waals surface area contributed by atoms with E-state index in [0.29, 0.717) is 28.7 Å². The zero-order chi connectivity index (χ0) is 18.1. The zero-order valence-corrected chi connectivity index (χ0v) is 14.2. The zero-order valence-electron chi connectivity index (χ0n) is 14.2. The third kappa shape index (κ3) is 2.77. The Kier molecular flexibility index (Phi) is 3.85. The number of benzene rings is 1. The Labute approximate surface area is 148 Å². The van der Waals surface area contributed by atoms with E-state index >= 15 is 0 Å². The van der Waals surface area contributed by atoms with Gasteiger partial charge in [-0.05, 0) is 25.1 Å². The third-order valence-electron chi connectivity index (χ3n) is 3.97. The van der Waals surface area contributed by atoms with E-state index in [1.807, 2.05) is 31.2 Å². The fraction of sp³-hybridized carbons (Fsp3) is 0.111. The van der Waals surface area contributed by atoms with Crippen LogP contribution in [0.4, 0.5) is 5.82 Å². The minimum atomic E-state index is -0.323. The van der Waals surface area contributed by atoms with Crippen LogP contribution in [0.1, 0.15) is 16.2 Å². The maximum Gasteiger partial charge on any atom is 0.277 e. The van der Waals surface area contributed by atoms with Crippen LogP contribution in [-0.4, -0.2) is 37.6 Å². The minimum absolute atomic E-state index is 0.319. The van der Waals surface area contributed by atoms with Gasteiger partial charge in [0.15, 0.2) is 5.65 Å². The highest BCUT2D eigenvalue weighted by atomic mass is 16.5. The second kappa shape index (κ2) is 6.32. The monoisotopic (exact) mass is 348 g/mol.